The molecule has 0 radical (unpaired) electrons. The maximum Gasteiger partial charge on any atom is 0.211 e. The minimum Gasteiger partial charge on any atom is -0.491 e. The van der Waals surface area contributed by atoms with E-state index in [-0.39, 0.29) is 17.6 Å². The van der Waals surface area contributed by atoms with Crippen LogP contribution in [0.2, 0.25) is 0 Å². The number of hydrogen-bond acceptors (Lipinski definition) is 10. The van der Waals surface area contributed by atoms with E-state index < -0.39 is 0 Å². The van der Waals surface area contributed by atoms with Gasteiger partial charge in [0.2, 0.25) is 5.95 Å². The molecule has 234 valence electrons. The molecule has 12 heteroatoms. The summed E-state index contributed by atoms with van der Waals surface area (Å²) in [6.07, 6.45) is 10.8. The SMILES string of the molecule is COc1c(O/C(=C/N)c2cnccn2)cnc2nc(Nc3cc(C(C)(C)C)n([C@H]4CCC[C@H]4OCc4ccccc4)n3)n(C)c12. The standard InChI is InChI=1S/C33H39N9O3/c1-33(2,3)27-16-28(40-42(27)23-12-9-13-24(23)44-20-21-10-7-6-8-11-21)38-32-39-31-29(41(32)4)30(43-5)26(19-37-31)45-25(17-34)22-18-35-14-15-36-22/h6-8,10-11,14-19,23-24H,9,12-13,20,34H2,1-5H3,(H,37,38,39,40)/b25-17+/t23-,24+/m0/s1. The van der Waals surface area contributed by atoms with Gasteiger partial charge in [-0.25, -0.2) is 9.97 Å². The number of aryl methyl sites for hydroxylation is 1. The van der Waals surface area contributed by atoms with Crippen molar-refractivity contribution in [2.24, 2.45) is 12.8 Å². The Morgan fingerprint density at radius 3 is 2.64 bits per heavy atom. The molecular formula is C33H39N9O3. The zero-order valence-corrected chi connectivity index (χ0v) is 26.3. The van der Waals surface area contributed by atoms with Crippen LogP contribution >= 0.6 is 0 Å². The van der Waals surface area contributed by atoms with Gasteiger partial charge in [0.1, 0.15) is 11.2 Å². The second-order valence-corrected chi connectivity index (χ2v) is 12.1. The van der Waals surface area contributed by atoms with Gasteiger partial charge in [-0.15, -0.1) is 0 Å². The fourth-order valence-electron chi connectivity index (χ4n) is 5.76. The molecule has 0 bridgehead atoms. The lowest BCUT2D eigenvalue weighted by Gasteiger charge is -2.27. The van der Waals surface area contributed by atoms with Crippen LogP contribution in [-0.4, -0.2) is 47.5 Å². The van der Waals surface area contributed by atoms with E-state index in [9.17, 15) is 0 Å². The number of imidazole rings is 1. The third kappa shape index (κ3) is 6.18. The van der Waals surface area contributed by atoms with Crippen molar-refractivity contribution in [1.29, 1.82) is 0 Å². The van der Waals surface area contributed by atoms with Crippen LogP contribution in [0.15, 0.2) is 67.4 Å². The van der Waals surface area contributed by atoms with Crippen molar-refractivity contribution in [1.82, 2.24) is 34.3 Å². The van der Waals surface area contributed by atoms with E-state index in [0.29, 0.717) is 52.5 Å². The molecule has 1 fully saturated rings. The molecule has 45 heavy (non-hydrogen) atoms. The average molecular weight is 610 g/mol. The molecule has 0 unspecified atom stereocenters. The molecule has 3 N–H and O–H groups in total. The van der Waals surface area contributed by atoms with E-state index in [1.807, 2.05) is 29.8 Å². The van der Waals surface area contributed by atoms with Crippen molar-refractivity contribution >= 4 is 28.7 Å². The molecule has 1 aliphatic carbocycles. The number of aromatic nitrogens is 7. The fraction of sp³-hybridized carbons (Fsp3) is 0.364. The molecule has 6 rings (SSSR count). The minimum atomic E-state index is -0.139. The number of rotatable bonds is 10. The lowest BCUT2D eigenvalue weighted by molar-refractivity contribution is 0.0154. The minimum absolute atomic E-state index is 0.0796. The molecule has 0 aliphatic heterocycles. The summed E-state index contributed by atoms with van der Waals surface area (Å²) in [5, 5.41) is 8.51. The molecule has 0 amide bonds. The van der Waals surface area contributed by atoms with E-state index >= 15 is 0 Å². The number of methoxy groups -OCH3 is 1. The molecule has 0 spiro atoms. The Labute approximate surface area is 262 Å². The predicted molar refractivity (Wildman–Crippen MR) is 172 cm³/mol. The van der Waals surface area contributed by atoms with Crippen LogP contribution in [0.25, 0.3) is 16.9 Å². The van der Waals surface area contributed by atoms with Crippen molar-refractivity contribution in [3.05, 3.63) is 84.3 Å². The zero-order valence-electron chi connectivity index (χ0n) is 26.3. The third-order valence-electron chi connectivity index (χ3n) is 7.99. The Balaban J connectivity index is 1.29. The smallest absolute Gasteiger partial charge is 0.211 e. The largest absolute Gasteiger partial charge is 0.491 e. The lowest BCUT2D eigenvalue weighted by atomic mass is 9.91. The van der Waals surface area contributed by atoms with Gasteiger partial charge in [0, 0.05) is 42.8 Å². The molecule has 1 aliphatic rings. The third-order valence-corrected chi connectivity index (χ3v) is 7.99. The number of nitrogens with one attached hydrogen (secondary N) is 1. The second kappa shape index (κ2) is 12.6. The molecule has 4 heterocycles. The van der Waals surface area contributed by atoms with Gasteiger partial charge in [0.05, 0.1) is 38.3 Å². The molecule has 5 aromatic rings. The summed E-state index contributed by atoms with van der Waals surface area (Å²) in [5.41, 5.74) is 9.63. The molecular weight excluding hydrogens is 570 g/mol. The lowest BCUT2D eigenvalue weighted by Crippen LogP contribution is -2.28. The first kappa shape index (κ1) is 30.1. The summed E-state index contributed by atoms with van der Waals surface area (Å²) in [5.74, 6) is 2.39. The summed E-state index contributed by atoms with van der Waals surface area (Å²) < 4.78 is 22.4. The number of pyridine rings is 1. The Morgan fingerprint density at radius 1 is 1.11 bits per heavy atom. The quantitative estimate of drug-likeness (QED) is 0.191. The van der Waals surface area contributed by atoms with Crippen LogP contribution in [-0.2, 0) is 23.8 Å². The highest BCUT2D eigenvalue weighted by Gasteiger charge is 2.34. The number of benzene rings is 1. The van der Waals surface area contributed by atoms with Gasteiger partial charge in [-0.3, -0.25) is 9.67 Å². The number of anilines is 2. The summed E-state index contributed by atoms with van der Waals surface area (Å²) >= 11 is 0. The van der Waals surface area contributed by atoms with Crippen LogP contribution in [0, 0.1) is 0 Å². The highest BCUT2D eigenvalue weighted by Crippen LogP contribution is 2.39. The Hall–Kier alpha value is -4.97. The number of hydrogen-bond donors (Lipinski definition) is 2. The van der Waals surface area contributed by atoms with Gasteiger partial charge in [-0.05, 0) is 24.8 Å². The van der Waals surface area contributed by atoms with Crippen molar-refractivity contribution in [3.8, 4) is 11.5 Å². The van der Waals surface area contributed by atoms with E-state index in [2.05, 4.69) is 63.9 Å². The predicted octanol–water partition coefficient (Wildman–Crippen LogP) is 5.65. The topological polar surface area (TPSA) is 140 Å². The van der Waals surface area contributed by atoms with Crippen LogP contribution in [0.3, 0.4) is 0 Å². The molecule has 1 aromatic carbocycles. The molecule has 1 saturated carbocycles. The van der Waals surface area contributed by atoms with Gasteiger partial charge in [-0.2, -0.15) is 10.1 Å². The van der Waals surface area contributed by atoms with Crippen molar-refractivity contribution < 1.29 is 14.2 Å². The first-order chi connectivity index (χ1) is 21.8. The molecule has 12 nitrogen and oxygen atoms in total. The van der Waals surface area contributed by atoms with Crippen molar-refractivity contribution in [3.63, 3.8) is 0 Å². The summed E-state index contributed by atoms with van der Waals surface area (Å²) in [4.78, 5) is 17.7. The molecule has 2 atom stereocenters. The van der Waals surface area contributed by atoms with Gasteiger partial charge in [-0.1, -0.05) is 51.1 Å². The Bertz CT molecular complexity index is 1790. The van der Waals surface area contributed by atoms with Crippen LogP contribution in [0.1, 0.15) is 63.0 Å². The number of nitrogens with two attached hydrogens (primary N) is 1. The maximum absolute atomic E-state index is 6.46. The Morgan fingerprint density at radius 2 is 1.93 bits per heavy atom. The second-order valence-electron chi connectivity index (χ2n) is 12.1. The number of nitrogens with zero attached hydrogens (tertiary/aromatic N) is 7. The normalized spacial score (nSPS) is 17.1. The monoisotopic (exact) mass is 609 g/mol. The van der Waals surface area contributed by atoms with Gasteiger partial charge < -0.3 is 29.8 Å². The summed E-state index contributed by atoms with van der Waals surface area (Å²) in [6, 6.07) is 12.6. The zero-order chi connectivity index (χ0) is 31.6. The maximum atomic E-state index is 6.46. The highest BCUT2D eigenvalue weighted by molar-refractivity contribution is 5.85. The van der Waals surface area contributed by atoms with E-state index in [1.165, 1.54) is 11.8 Å². The van der Waals surface area contributed by atoms with Gasteiger partial charge in [0.15, 0.2) is 28.7 Å². The highest BCUT2D eigenvalue weighted by atomic mass is 16.5. The number of ether oxygens (including phenoxy) is 3. The van der Waals surface area contributed by atoms with Crippen LogP contribution < -0.4 is 20.5 Å². The van der Waals surface area contributed by atoms with Crippen molar-refractivity contribution in [2.75, 3.05) is 12.4 Å². The average Bonchev–Trinajstić information content (AvgIpc) is 3.77. The summed E-state index contributed by atoms with van der Waals surface area (Å²) in [7, 11) is 3.46. The Kier molecular flexibility index (Phi) is 8.40. The van der Waals surface area contributed by atoms with E-state index in [0.717, 1.165) is 25.0 Å². The first-order valence-electron chi connectivity index (χ1n) is 15.0. The first-order valence-corrected chi connectivity index (χ1v) is 15.0. The van der Waals surface area contributed by atoms with E-state index in [4.69, 9.17) is 30.0 Å². The number of fused-ring (bicyclic) bond motifs is 1. The fourth-order valence-corrected chi connectivity index (χ4v) is 5.76. The van der Waals surface area contributed by atoms with E-state index in [1.54, 1.807) is 31.9 Å². The molecule has 0 saturated heterocycles. The van der Waals surface area contributed by atoms with Gasteiger partial charge in [0.25, 0.3) is 0 Å². The van der Waals surface area contributed by atoms with Crippen molar-refractivity contribution in [2.45, 2.75) is 64.2 Å². The summed E-state index contributed by atoms with van der Waals surface area (Å²) in [6.45, 7) is 7.20. The molecule has 4 aromatic heterocycles. The van der Waals surface area contributed by atoms with Crippen LogP contribution in [0.5, 0.6) is 11.5 Å². The van der Waals surface area contributed by atoms with Crippen LogP contribution in [0.4, 0.5) is 11.8 Å². The van der Waals surface area contributed by atoms with Gasteiger partial charge >= 0.3 is 0 Å².